The van der Waals surface area contributed by atoms with Crippen molar-refractivity contribution in [2.75, 3.05) is 0 Å². The lowest BCUT2D eigenvalue weighted by Gasteiger charge is -2.17. The van der Waals surface area contributed by atoms with E-state index in [4.69, 9.17) is 17.3 Å². The predicted octanol–water partition coefficient (Wildman–Crippen LogP) is 4.58. The number of fused-ring (bicyclic) bond motifs is 1. The van der Waals surface area contributed by atoms with E-state index in [9.17, 15) is 0 Å². The molecule has 0 bridgehead atoms. The Morgan fingerprint density at radius 3 is 2.39 bits per heavy atom. The SMILES string of the molecule is NC(c1cc(Br)c(Cl)s1)C1Cc2ccccc2C1. The van der Waals surface area contributed by atoms with Gasteiger partial charge in [-0.3, -0.25) is 0 Å². The standard InChI is InChI=1S/C14H13BrClNS/c15-11-7-12(18-14(11)16)13(17)10-5-8-3-1-2-4-9(8)6-10/h1-4,7,10,13H,5-6,17H2. The number of halogens is 2. The Balaban J connectivity index is 1.82. The highest BCUT2D eigenvalue weighted by molar-refractivity contribution is 9.10. The zero-order valence-corrected chi connectivity index (χ0v) is 12.9. The first-order valence-corrected chi connectivity index (χ1v) is 7.91. The smallest absolute Gasteiger partial charge is 0.107 e. The number of rotatable bonds is 2. The minimum Gasteiger partial charge on any atom is -0.323 e. The molecule has 0 spiro atoms. The Labute approximate surface area is 124 Å². The van der Waals surface area contributed by atoms with Crippen molar-refractivity contribution in [3.05, 3.63) is 55.1 Å². The van der Waals surface area contributed by atoms with Gasteiger partial charge in [-0.1, -0.05) is 35.9 Å². The molecule has 1 aromatic heterocycles. The molecule has 2 aromatic rings. The number of benzene rings is 1. The van der Waals surface area contributed by atoms with Crippen molar-refractivity contribution in [1.82, 2.24) is 0 Å². The fourth-order valence-corrected chi connectivity index (χ4v) is 4.44. The lowest BCUT2D eigenvalue weighted by Crippen LogP contribution is -2.20. The molecule has 94 valence electrons. The molecule has 0 aliphatic heterocycles. The van der Waals surface area contributed by atoms with Gasteiger partial charge in [0.2, 0.25) is 0 Å². The van der Waals surface area contributed by atoms with Crippen molar-refractivity contribution >= 4 is 38.9 Å². The first-order chi connectivity index (χ1) is 8.65. The van der Waals surface area contributed by atoms with Crippen molar-refractivity contribution < 1.29 is 0 Å². The maximum absolute atomic E-state index is 6.39. The lowest BCUT2D eigenvalue weighted by atomic mass is 9.96. The molecule has 3 rings (SSSR count). The van der Waals surface area contributed by atoms with E-state index in [-0.39, 0.29) is 6.04 Å². The zero-order valence-electron chi connectivity index (χ0n) is 9.70. The molecule has 1 nitrogen and oxygen atoms in total. The topological polar surface area (TPSA) is 26.0 Å². The van der Waals surface area contributed by atoms with Gasteiger partial charge in [0, 0.05) is 15.4 Å². The van der Waals surface area contributed by atoms with Gasteiger partial charge < -0.3 is 5.73 Å². The van der Waals surface area contributed by atoms with E-state index >= 15 is 0 Å². The van der Waals surface area contributed by atoms with Gasteiger partial charge in [-0.25, -0.2) is 0 Å². The minimum atomic E-state index is 0.0752. The maximum Gasteiger partial charge on any atom is 0.107 e. The van der Waals surface area contributed by atoms with Crippen LogP contribution in [-0.4, -0.2) is 0 Å². The van der Waals surface area contributed by atoms with Crippen LogP contribution >= 0.6 is 38.9 Å². The fraction of sp³-hybridized carbons (Fsp3) is 0.286. The molecule has 1 unspecified atom stereocenters. The summed E-state index contributed by atoms with van der Waals surface area (Å²) in [5.74, 6) is 0.490. The van der Waals surface area contributed by atoms with Gasteiger partial charge in [0.15, 0.2) is 0 Å². The lowest BCUT2D eigenvalue weighted by molar-refractivity contribution is 0.459. The molecule has 18 heavy (non-hydrogen) atoms. The highest BCUT2D eigenvalue weighted by Crippen LogP contribution is 2.40. The fourth-order valence-electron chi connectivity index (χ4n) is 2.61. The molecule has 1 aromatic carbocycles. The summed E-state index contributed by atoms with van der Waals surface area (Å²) in [4.78, 5) is 1.17. The summed E-state index contributed by atoms with van der Waals surface area (Å²) in [6.07, 6.45) is 2.15. The average molecular weight is 343 g/mol. The summed E-state index contributed by atoms with van der Waals surface area (Å²) in [5, 5.41) is 0. The van der Waals surface area contributed by atoms with Crippen LogP contribution in [0.25, 0.3) is 0 Å². The van der Waals surface area contributed by atoms with Gasteiger partial charge >= 0.3 is 0 Å². The molecule has 0 saturated heterocycles. The van der Waals surface area contributed by atoms with E-state index in [1.807, 2.05) is 0 Å². The van der Waals surface area contributed by atoms with E-state index in [2.05, 4.69) is 46.3 Å². The van der Waals surface area contributed by atoms with Crippen LogP contribution in [0.5, 0.6) is 0 Å². The molecular formula is C14H13BrClNS. The second kappa shape index (κ2) is 4.97. The van der Waals surface area contributed by atoms with Crippen LogP contribution in [0.1, 0.15) is 22.0 Å². The van der Waals surface area contributed by atoms with Crippen molar-refractivity contribution in [2.45, 2.75) is 18.9 Å². The quantitative estimate of drug-likeness (QED) is 0.849. The van der Waals surface area contributed by atoms with Crippen LogP contribution in [0.3, 0.4) is 0 Å². The minimum absolute atomic E-state index is 0.0752. The van der Waals surface area contributed by atoms with Crippen molar-refractivity contribution in [2.24, 2.45) is 11.7 Å². The van der Waals surface area contributed by atoms with Gasteiger partial charge in [-0.2, -0.15) is 0 Å². The molecule has 1 aliphatic rings. The number of hydrogen-bond acceptors (Lipinski definition) is 2. The van der Waals surface area contributed by atoms with Crippen LogP contribution < -0.4 is 5.73 Å². The summed E-state index contributed by atoms with van der Waals surface area (Å²) < 4.78 is 1.74. The van der Waals surface area contributed by atoms with E-state index in [1.165, 1.54) is 16.0 Å². The molecule has 0 saturated carbocycles. The van der Waals surface area contributed by atoms with Crippen molar-refractivity contribution in [3.63, 3.8) is 0 Å². The molecular weight excluding hydrogens is 330 g/mol. The Morgan fingerprint density at radius 2 is 1.89 bits per heavy atom. The number of nitrogens with two attached hydrogens (primary N) is 1. The molecule has 1 heterocycles. The first kappa shape index (κ1) is 12.7. The highest BCUT2D eigenvalue weighted by atomic mass is 79.9. The Kier molecular flexibility index (Phi) is 3.50. The third kappa shape index (κ3) is 2.25. The zero-order chi connectivity index (χ0) is 12.7. The average Bonchev–Trinajstić information content (AvgIpc) is 2.93. The predicted molar refractivity (Wildman–Crippen MR) is 81.3 cm³/mol. The summed E-state index contributed by atoms with van der Waals surface area (Å²) in [6.45, 7) is 0. The van der Waals surface area contributed by atoms with Crippen LogP contribution in [0.2, 0.25) is 4.34 Å². The van der Waals surface area contributed by atoms with Gasteiger partial charge in [0.05, 0.1) is 0 Å². The van der Waals surface area contributed by atoms with E-state index in [1.54, 1.807) is 11.3 Å². The van der Waals surface area contributed by atoms with E-state index < -0.39 is 0 Å². The number of hydrogen-bond donors (Lipinski definition) is 1. The molecule has 2 N–H and O–H groups in total. The molecule has 1 atom stereocenters. The summed E-state index contributed by atoms with van der Waals surface area (Å²) in [7, 11) is 0. The van der Waals surface area contributed by atoms with Crippen LogP contribution in [0.4, 0.5) is 0 Å². The first-order valence-electron chi connectivity index (χ1n) is 5.92. The largest absolute Gasteiger partial charge is 0.323 e. The van der Waals surface area contributed by atoms with Crippen LogP contribution in [0.15, 0.2) is 34.8 Å². The van der Waals surface area contributed by atoms with Crippen molar-refractivity contribution in [1.29, 1.82) is 0 Å². The van der Waals surface area contributed by atoms with Gasteiger partial charge in [0.25, 0.3) is 0 Å². The van der Waals surface area contributed by atoms with Crippen molar-refractivity contribution in [3.8, 4) is 0 Å². The van der Waals surface area contributed by atoms with Crippen LogP contribution in [-0.2, 0) is 12.8 Å². The molecule has 0 amide bonds. The Morgan fingerprint density at radius 1 is 1.28 bits per heavy atom. The third-order valence-electron chi connectivity index (χ3n) is 3.58. The van der Waals surface area contributed by atoms with Crippen LogP contribution in [0, 0.1) is 5.92 Å². The second-order valence-electron chi connectivity index (χ2n) is 4.73. The summed E-state index contributed by atoms with van der Waals surface area (Å²) in [5.41, 5.74) is 9.28. The molecule has 0 fully saturated rings. The maximum atomic E-state index is 6.39. The van der Waals surface area contributed by atoms with Gasteiger partial charge in [-0.15, -0.1) is 11.3 Å². The number of thiophene rings is 1. The summed E-state index contributed by atoms with van der Waals surface area (Å²) in [6, 6.07) is 10.8. The Hall–Kier alpha value is -0.350. The Bertz CT molecular complexity index is 536. The van der Waals surface area contributed by atoms with E-state index in [0.29, 0.717) is 5.92 Å². The summed E-state index contributed by atoms with van der Waals surface area (Å²) >= 11 is 11.1. The monoisotopic (exact) mass is 341 g/mol. The molecule has 4 heteroatoms. The third-order valence-corrected chi connectivity index (χ3v) is 6.16. The normalized spacial score (nSPS) is 16.8. The highest BCUT2D eigenvalue weighted by Gasteiger charge is 2.28. The van der Waals surface area contributed by atoms with Gasteiger partial charge in [0.1, 0.15) is 4.34 Å². The second-order valence-corrected chi connectivity index (χ2v) is 7.27. The molecule has 1 aliphatic carbocycles. The van der Waals surface area contributed by atoms with Gasteiger partial charge in [-0.05, 0) is 51.9 Å². The van der Waals surface area contributed by atoms with E-state index in [0.717, 1.165) is 21.7 Å². The molecule has 0 radical (unpaired) electrons.